The molecule has 1 fully saturated rings. The fourth-order valence-electron chi connectivity index (χ4n) is 2.46. The Morgan fingerprint density at radius 1 is 1.58 bits per heavy atom. The van der Waals surface area contributed by atoms with E-state index in [2.05, 4.69) is 28.2 Å². The molecule has 1 amide bonds. The first-order valence-electron chi connectivity index (χ1n) is 5.91. The first-order valence-corrected chi connectivity index (χ1v) is 7.12. The number of halogens is 2. The van der Waals surface area contributed by atoms with Gasteiger partial charge in [0.15, 0.2) is 0 Å². The topological polar surface area (TPSA) is 55.1 Å². The van der Waals surface area contributed by atoms with Crippen molar-refractivity contribution in [2.24, 2.45) is 17.1 Å². The predicted octanol–water partition coefficient (Wildman–Crippen LogP) is 3.23. The van der Waals surface area contributed by atoms with E-state index >= 15 is 0 Å². The van der Waals surface area contributed by atoms with Gasteiger partial charge in [-0.25, -0.2) is 4.39 Å². The Balaban J connectivity index is 2.19. The molecule has 0 aliphatic heterocycles. The number of carbonyl (C=O) groups is 1. The molecule has 0 saturated heterocycles. The van der Waals surface area contributed by atoms with Crippen LogP contribution in [0.2, 0.25) is 0 Å². The van der Waals surface area contributed by atoms with Gasteiger partial charge in [-0.15, -0.1) is 0 Å². The molecular weight excluding hydrogens is 331 g/mol. The number of hydrogen-bond acceptors (Lipinski definition) is 2. The van der Waals surface area contributed by atoms with Crippen molar-refractivity contribution in [1.29, 1.82) is 0 Å². The van der Waals surface area contributed by atoms with Crippen LogP contribution in [-0.4, -0.2) is 10.9 Å². The van der Waals surface area contributed by atoms with Gasteiger partial charge in [-0.1, -0.05) is 19.1 Å². The van der Waals surface area contributed by atoms with Crippen LogP contribution in [0.1, 0.15) is 19.8 Å². The molecule has 102 valence electrons. The number of nitrogens with two attached hydrogens (primary N) is 1. The summed E-state index contributed by atoms with van der Waals surface area (Å²) in [5, 5.41) is 2.76. The number of carbonyl (C=O) groups excluding carboxylic acids is 1. The van der Waals surface area contributed by atoms with Gasteiger partial charge in [-0.2, -0.15) is 0 Å². The Kier molecular flexibility index (Phi) is 3.92. The lowest BCUT2D eigenvalue weighted by atomic mass is 9.62. The fraction of sp³-hybridized carbons (Fsp3) is 0.385. The molecule has 1 saturated carbocycles. The Morgan fingerprint density at radius 3 is 2.68 bits per heavy atom. The van der Waals surface area contributed by atoms with Gasteiger partial charge in [0.1, 0.15) is 5.82 Å². The molecule has 3 N–H and O–H groups in total. The highest BCUT2D eigenvalue weighted by Gasteiger charge is 2.50. The second-order valence-electron chi connectivity index (χ2n) is 5.04. The molecule has 19 heavy (non-hydrogen) atoms. The number of nitrogens with one attached hydrogen (secondary N) is 1. The maximum absolute atomic E-state index is 13.0. The molecule has 1 aliphatic carbocycles. The predicted molar refractivity (Wildman–Crippen MR) is 80.3 cm³/mol. The number of hydrogen-bond donors (Lipinski definition) is 2. The van der Waals surface area contributed by atoms with Crippen LogP contribution in [0.25, 0.3) is 0 Å². The third-order valence-corrected chi connectivity index (χ3v) is 4.53. The molecule has 3 nitrogen and oxygen atoms in total. The normalized spacial score (nSPS) is 25.5. The van der Waals surface area contributed by atoms with E-state index in [-0.39, 0.29) is 16.7 Å². The summed E-state index contributed by atoms with van der Waals surface area (Å²) in [5.74, 6) is -0.152. The number of thiocarbonyl (C=S) groups is 1. The van der Waals surface area contributed by atoms with Crippen LogP contribution in [0.15, 0.2) is 22.7 Å². The van der Waals surface area contributed by atoms with Crippen molar-refractivity contribution in [3.63, 3.8) is 0 Å². The molecule has 0 aromatic heterocycles. The molecule has 0 radical (unpaired) electrons. The van der Waals surface area contributed by atoms with Gasteiger partial charge in [0.25, 0.3) is 0 Å². The monoisotopic (exact) mass is 344 g/mol. The average molecular weight is 345 g/mol. The lowest BCUT2D eigenvalue weighted by Crippen LogP contribution is -2.53. The minimum Gasteiger partial charge on any atom is -0.392 e. The number of amides is 1. The van der Waals surface area contributed by atoms with Gasteiger partial charge >= 0.3 is 0 Å². The molecule has 0 unspecified atom stereocenters. The van der Waals surface area contributed by atoms with E-state index in [0.717, 1.165) is 0 Å². The van der Waals surface area contributed by atoms with Gasteiger partial charge in [0.05, 0.1) is 16.1 Å². The Morgan fingerprint density at radius 2 is 2.21 bits per heavy atom. The van der Waals surface area contributed by atoms with Crippen LogP contribution < -0.4 is 11.1 Å². The van der Waals surface area contributed by atoms with Crippen LogP contribution in [0.3, 0.4) is 0 Å². The number of benzene rings is 1. The molecule has 1 aromatic rings. The van der Waals surface area contributed by atoms with Crippen molar-refractivity contribution in [3.8, 4) is 0 Å². The maximum Gasteiger partial charge on any atom is 0.237 e. The van der Waals surface area contributed by atoms with E-state index < -0.39 is 5.41 Å². The summed E-state index contributed by atoms with van der Waals surface area (Å²) in [5.41, 5.74) is 5.46. The summed E-state index contributed by atoms with van der Waals surface area (Å²) in [6.45, 7) is 2.05. The van der Waals surface area contributed by atoms with Crippen molar-refractivity contribution in [3.05, 3.63) is 28.5 Å². The zero-order valence-electron chi connectivity index (χ0n) is 10.4. The van der Waals surface area contributed by atoms with E-state index in [9.17, 15) is 9.18 Å². The summed E-state index contributed by atoms with van der Waals surface area (Å²) >= 11 is 8.24. The number of anilines is 1. The smallest absolute Gasteiger partial charge is 0.237 e. The molecule has 1 aromatic carbocycles. The summed E-state index contributed by atoms with van der Waals surface area (Å²) in [7, 11) is 0. The summed E-state index contributed by atoms with van der Waals surface area (Å²) in [6, 6.07) is 4.09. The first kappa shape index (κ1) is 14.4. The van der Waals surface area contributed by atoms with Crippen molar-refractivity contribution in [1.82, 2.24) is 0 Å². The van der Waals surface area contributed by atoms with Gasteiger partial charge in [0, 0.05) is 4.47 Å². The first-order chi connectivity index (χ1) is 8.85. The molecule has 0 heterocycles. The SMILES string of the molecule is CC1CC(C(=O)Nc2ccc(F)cc2Br)(C(N)=S)C1. The highest BCUT2D eigenvalue weighted by Crippen LogP contribution is 2.46. The average Bonchev–Trinajstić information content (AvgIpc) is 2.27. The van der Waals surface area contributed by atoms with E-state index in [1.165, 1.54) is 18.2 Å². The highest BCUT2D eigenvalue weighted by molar-refractivity contribution is 9.10. The second-order valence-corrected chi connectivity index (χ2v) is 6.33. The molecule has 0 spiro atoms. The Hall–Kier alpha value is -1.01. The summed E-state index contributed by atoms with van der Waals surface area (Å²) < 4.78 is 13.5. The van der Waals surface area contributed by atoms with Gasteiger partial charge in [-0.05, 0) is 52.9 Å². The van der Waals surface area contributed by atoms with Crippen molar-refractivity contribution >= 4 is 44.7 Å². The lowest BCUT2D eigenvalue weighted by molar-refractivity contribution is -0.127. The van der Waals surface area contributed by atoms with Crippen LogP contribution in [0.5, 0.6) is 0 Å². The van der Waals surface area contributed by atoms with Crippen LogP contribution in [0, 0.1) is 17.2 Å². The molecule has 6 heteroatoms. The molecule has 0 atom stereocenters. The summed E-state index contributed by atoms with van der Waals surface area (Å²) in [6.07, 6.45) is 1.32. The minimum atomic E-state index is -0.761. The van der Waals surface area contributed by atoms with Gasteiger partial charge < -0.3 is 11.1 Å². The van der Waals surface area contributed by atoms with Gasteiger partial charge in [-0.3, -0.25) is 4.79 Å². The fourth-order valence-corrected chi connectivity index (χ4v) is 3.17. The largest absolute Gasteiger partial charge is 0.392 e. The maximum atomic E-state index is 13.0. The van der Waals surface area contributed by atoms with Crippen LogP contribution >= 0.6 is 28.1 Å². The van der Waals surface area contributed by atoms with Crippen LogP contribution in [0.4, 0.5) is 10.1 Å². The van der Waals surface area contributed by atoms with Crippen LogP contribution in [-0.2, 0) is 4.79 Å². The number of rotatable bonds is 3. The molecule has 0 bridgehead atoms. The zero-order valence-corrected chi connectivity index (χ0v) is 12.8. The minimum absolute atomic E-state index is 0.217. The van der Waals surface area contributed by atoms with Crippen molar-refractivity contribution in [2.75, 3.05) is 5.32 Å². The zero-order chi connectivity index (χ0) is 14.2. The third-order valence-electron chi connectivity index (χ3n) is 3.48. The standard InChI is InChI=1S/C13H14BrFN2OS/c1-7-5-13(6-7,11(16)19)12(18)17-10-3-2-8(15)4-9(10)14/h2-4,7H,5-6H2,1H3,(H2,16,19)(H,17,18). The van der Waals surface area contributed by atoms with Crippen molar-refractivity contribution < 1.29 is 9.18 Å². The third kappa shape index (κ3) is 2.65. The summed E-state index contributed by atoms with van der Waals surface area (Å²) in [4.78, 5) is 12.6. The lowest BCUT2D eigenvalue weighted by Gasteiger charge is -2.44. The quantitative estimate of drug-likeness (QED) is 0.827. The second kappa shape index (κ2) is 5.17. The van der Waals surface area contributed by atoms with E-state index in [0.29, 0.717) is 28.9 Å². The van der Waals surface area contributed by atoms with E-state index in [4.69, 9.17) is 18.0 Å². The molecule has 1 aliphatic rings. The van der Waals surface area contributed by atoms with Crippen molar-refractivity contribution in [2.45, 2.75) is 19.8 Å². The highest BCUT2D eigenvalue weighted by atomic mass is 79.9. The van der Waals surface area contributed by atoms with E-state index in [1.807, 2.05) is 0 Å². The molecule has 2 rings (SSSR count). The van der Waals surface area contributed by atoms with Gasteiger partial charge in [0.2, 0.25) is 5.91 Å². The Labute approximate surface area is 124 Å². The van der Waals surface area contributed by atoms with E-state index in [1.54, 1.807) is 0 Å². The Bertz CT molecular complexity index is 543. The molecular formula is C13H14BrFN2OS.